The van der Waals surface area contributed by atoms with Crippen molar-refractivity contribution in [1.29, 1.82) is 0 Å². The molecule has 1 aliphatic carbocycles. The lowest BCUT2D eigenvalue weighted by Gasteiger charge is -2.30. The zero-order valence-corrected chi connectivity index (χ0v) is 10.7. The van der Waals surface area contributed by atoms with Gasteiger partial charge in [0.15, 0.2) is 0 Å². The fraction of sp³-hybridized carbons (Fsp3) is 0.500. The van der Waals surface area contributed by atoms with E-state index in [1.807, 2.05) is 25.4 Å². The van der Waals surface area contributed by atoms with Crippen molar-refractivity contribution in [3.05, 3.63) is 30.6 Å². The number of anilines is 1. The number of fused-ring (bicyclic) bond motifs is 1. The molecule has 96 valence electrons. The SMILES string of the molecule is CN(CC1(O)CCCC1)c1cccc2nccn12. The second-order valence-electron chi connectivity index (χ2n) is 5.33. The van der Waals surface area contributed by atoms with Crippen LogP contribution in [0.5, 0.6) is 0 Å². The molecule has 0 atom stereocenters. The third-order valence-corrected chi connectivity index (χ3v) is 3.86. The van der Waals surface area contributed by atoms with Gasteiger partial charge in [-0.2, -0.15) is 0 Å². The van der Waals surface area contributed by atoms with Crippen molar-refractivity contribution in [2.75, 3.05) is 18.5 Å². The number of pyridine rings is 1. The van der Waals surface area contributed by atoms with Crippen LogP contribution in [0, 0.1) is 0 Å². The lowest BCUT2D eigenvalue weighted by molar-refractivity contribution is 0.0557. The molecule has 0 aromatic carbocycles. The van der Waals surface area contributed by atoms with Crippen LogP contribution in [-0.4, -0.2) is 33.7 Å². The van der Waals surface area contributed by atoms with Crippen LogP contribution in [0.3, 0.4) is 0 Å². The third kappa shape index (κ3) is 1.97. The molecule has 3 rings (SSSR count). The lowest BCUT2D eigenvalue weighted by atomic mass is 10.0. The summed E-state index contributed by atoms with van der Waals surface area (Å²) in [5.41, 5.74) is 0.426. The van der Waals surface area contributed by atoms with Crippen molar-refractivity contribution in [3.63, 3.8) is 0 Å². The fourth-order valence-electron chi connectivity index (χ4n) is 2.96. The monoisotopic (exact) mass is 245 g/mol. The fourth-order valence-corrected chi connectivity index (χ4v) is 2.96. The number of aromatic nitrogens is 2. The molecule has 2 aromatic heterocycles. The first-order valence-electron chi connectivity index (χ1n) is 6.54. The second kappa shape index (κ2) is 4.28. The Hall–Kier alpha value is -1.55. The smallest absolute Gasteiger partial charge is 0.138 e. The van der Waals surface area contributed by atoms with Gasteiger partial charge in [-0.05, 0) is 25.0 Å². The van der Waals surface area contributed by atoms with Crippen molar-refractivity contribution >= 4 is 11.5 Å². The van der Waals surface area contributed by atoms with Gasteiger partial charge in [0.1, 0.15) is 11.5 Å². The van der Waals surface area contributed by atoms with E-state index in [0.717, 1.165) is 37.1 Å². The third-order valence-electron chi connectivity index (χ3n) is 3.86. The van der Waals surface area contributed by atoms with Gasteiger partial charge in [0.25, 0.3) is 0 Å². The number of aliphatic hydroxyl groups is 1. The molecule has 4 heteroatoms. The molecule has 0 bridgehead atoms. The average Bonchev–Trinajstić information content (AvgIpc) is 2.96. The normalized spacial score (nSPS) is 18.3. The molecule has 0 amide bonds. The van der Waals surface area contributed by atoms with E-state index in [1.165, 1.54) is 0 Å². The molecule has 1 aliphatic rings. The summed E-state index contributed by atoms with van der Waals surface area (Å²) in [7, 11) is 2.03. The molecular formula is C14H19N3O. The summed E-state index contributed by atoms with van der Waals surface area (Å²) in [5, 5.41) is 10.5. The Morgan fingerprint density at radius 1 is 1.39 bits per heavy atom. The minimum Gasteiger partial charge on any atom is -0.388 e. The van der Waals surface area contributed by atoms with Crippen LogP contribution in [0.2, 0.25) is 0 Å². The number of hydrogen-bond acceptors (Lipinski definition) is 3. The first-order chi connectivity index (χ1) is 8.68. The topological polar surface area (TPSA) is 40.8 Å². The van der Waals surface area contributed by atoms with Crippen molar-refractivity contribution < 1.29 is 5.11 Å². The summed E-state index contributed by atoms with van der Waals surface area (Å²) in [6, 6.07) is 6.06. The van der Waals surface area contributed by atoms with Crippen molar-refractivity contribution in [2.45, 2.75) is 31.3 Å². The predicted molar refractivity (Wildman–Crippen MR) is 71.9 cm³/mol. The maximum atomic E-state index is 10.5. The van der Waals surface area contributed by atoms with E-state index < -0.39 is 5.60 Å². The molecule has 1 fully saturated rings. The Bertz CT molecular complexity index is 543. The second-order valence-corrected chi connectivity index (χ2v) is 5.33. The maximum absolute atomic E-state index is 10.5. The van der Waals surface area contributed by atoms with Crippen LogP contribution in [0.25, 0.3) is 5.65 Å². The van der Waals surface area contributed by atoms with Crippen LogP contribution < -0.4 is 4.90 Å². The highest BCUT2D eigenvalue weighted by atomic mass is 16.3. The quantitative estimate of drug-likeness (QED) is 0.900. The molecule has 2 aromatic rings. The molecular weight excluding hydrogens is 226 g/mol. The van der Waals surface area contributed by atoms with Gasteiger partial charge in [-0.1, -0.05) is 18.9 Å². The van der Waals surface area contributed by atoms with Crippen LogP contribution in [0.4, 0.5) is 5.82 Å². The molecule has 0 spiro atoms. The summed E-state index contributed by atoms with van der Waals surface area (Å²) >= 11 is 0. The van der Waals surface area contributed by atoms with Gasteiger partial charge in [-0.15, -0.1) is 0 Å². The van der Waals surface area contributed by atoms with Crippen molar-refractivity contribution in [3.8, 4) is 0 Å². The van der Waals surface area contributed by atoms with E-state index in [1.54, 1.807) is 6.20 Å². The summed E-state index contributed by atoms with van der Waals surface area (Å²) in [6.45, 7) is 0.685. The van der Waals surface area contributed by atoms with Crippen molar-refractivity contribution in [1.82, 2.24) is 9.38 Å². The maximum Gasteiger partial charge on any atom is 0.138 e. The zero-order valence-electron chi connectivity index (χ0n) is 10.7. The number of imidazole rings is 1. The molecule has 0 unspecified atom stereocenters. The Labute approximate surface area is 107 Å². The average molecular weight is 245 g/mol. The molecule has 0 radical (unpaired) electrons. The standard InChI is InChI=1S/C14H19N3O/c1-16(11-14(18)7-2-3-8-14)13-6-4-5-12-15-9-10-17(12)13/h4-6,9-10,18H,2-3,7-8,11H2,1H3. The molecule has 2 heterocycles. The molecule has 0 saturated heterocycles. The predicted octanol–water partition coefficient (Wildman–Crippen LogP) is 2.08. The Balaban J connectivity index is 1.87. The van der Waals surface area contributed by atoms with Gasteiger partial charge >= 0.3 is 0 Å². The van der Waals surface area contributed by atoms with Crippen molar-refractivity contribution in [2.24, 2.45) is 0 Å². The van der Waals surface area contributed by atoms with E-state index in [0.29, 0.717) is 6.54 Å². The van der Waals surface area contributed by atoms with Crippen LogP contribution >= 0.6 is 0 Å². The van der Waals surface area contributed by atoms with E-state index in [4.69, 9.17) is 0 Å². The first kappa shape index (κ1) is 11.5. The highest BCUT2D eigenvalue weighted by Gasteiger charge is 2.32. The van der Waals surface area contributed by atoms with Gasteiger partial charge in [0.05, 0.1) is 5.60 Å². The zero-order chi connectivity index (χ0) is 12.6. The Kier molecular flexibility index (Phi) is 2.74. The number of rotatable bonds is 3. The van der Waals surface area contributed by atoms with Crippen LogP contribution in [0.1, 0.15) is 25.7 Å². The lowest BCUT2D eigenvalue weighted by Crippen LogP contribution is -2.39. The van der Waals surface area contributed by atoms with Gasteiger partial charge in [0.2, 0.25) is 0 Å². The van der Waals surface area contributed by atoms with Gasteiger partial charge in [-0.25, -0.2) is 4.98 Å². The molecule has 1 N–H and O–H groups in total. The molecule has 18 heavy (non-hydrogen) atoms. The highest BCUT2D eigenvalue weighted by molar-refractivity contribution is 5.51. The van der Waals surface area contributed by atoms with Gasteiger partial charge < -0.3 is 10.0 Å². The number of nitrogens with zero attached hydrogens (tertiary/aromatic N) is 3. The molecule has 4 nitrogen and oxygen atoms in total. The Morgan fingerprint density at radius 3 is 2.94 bits per heavy atom. The summed E-state index contributed by atoms with van der Waals surface area (Å²) in [5.74, 6) is 1.07. The van der Waals surface area contributed by atoms with Crippen LogP contribution in [0.15, 0.2) is 30.6 Å². The van der Waals surface area contributed by atoms with Crippen LogP contribution in [-0.2, 0) is 0 Å². The van der Waals surface area contributed by atoms with Gasteiger partial charge in [-0.3, -0.25) is 4.40 Å². The summed E-state index contributed by atoms with van der Waals surface area (Å²) < 4.78 is 2.05. The van der Waals surface area contributed by atoms with E-state index in [-0.39, 0.29) is 0 Å². The Morgan fingerprint density at radius 2 is 2.17 bits per heavy atom. The van der Waals surface area contributed by atoms with Gasteiger partial charge in [0, 0.05) is 26.0 Å². The van der Waals surface area contributed by atoms with E-state index in [2.05, 4.69) is 20.4 Å². The summed E-state index contributed by atoms with van der Waals surface area (Å²) in [6.07, 6.45) is 7.87. The first-order valence-corrected chi connectivity index (χ1v) is 6.54. The summed E-state index contributed by atoms with van der Waals surface area (Å²) in [4.78, 5) is 6.41. The number of likely N-dealkylation sites (N-methyl/N-ethyl adjacent to an activating group) is 1. The van der Waals surface area contributed by atoms with E-state index >= 15 is 0 Å². The minimum atomic E-state index is -0.516. The minimum absolute atomic E-state index is 0.516. The largest absolute Gasteiger partial charge is 0.388 e. The van der Waals surface area contributed by atoms with E-state index in [9.17, 15) is 5.11 Å². The highest BCUT2D eigenvalue weighted by Crippen LogP contribution is 2.31. The molecule has 0 aliphatic heterocycles. The molecule has 1 saturated carbocycles. The number of hydrogen-bond donors (Lipinski definition) is 1.